The zero-order valence-corrected chi connectivity index (χ0v) is 17.7. The number of nitrogens with two attached hydrogens (primary N) is 1. The van der Waals surface area contributed by atoms with E-state index < -0.39 is 0 Å². The van der Waals surface area contributed by atoms with Gasteiger partial charge in [-0.1, -0.05) is 18.2 Å². The first-order valence-electron chi connectivity index (χ1n) is 8.79. The Kier molecular flexibility index (Phi) is 7.31. The van der Waals surface area contributed by atoms with Crippen LogP contribution in [0.3, 0.4) is 0 Å². The predicted octanol–water partition coefficient (Wildman–Crippen LogP) is 3.02. The maximum absolute atomic E-state index is 11.2. The van der Waals surface area contributed by atoms with Crippen molar-refractivity contribution in [3.8, 4) is 0 Å². The lowest BCUT2D eigenvalue weighted by Gasteiger charge is -2.34. The molecule has 26 heavy (non-hydrogen) atoms. The average molecular weight is 470 g/mol. The molecule has 1 aliphatic rings. The van der Waals surface area contributed by atoms with Gasteiger partial charge in [0, 0.05) is 37.5 Å². The molecule has 0 radical (unpaired) electrons. The third-order valence-corrected chi connectivity index (χ3v) is 4.87. The summed E-state index contributed by atoms with van der Waals surface area (Å²) < 4.78 is 5.96. The van der Waals surface area contributed by atoms with E-state index in [9.17, 15) is 4.79 Å². The van der Waals surface area contributed by atoms with Crippen LogP contribution in [0.15, 0.2) is 33.7 Å². The number of hydrogen-bond donors (Lipinski definition) is 2. The second-order valence-electron chi connectivity index (χ2n) is 6.67. The highest BCUT2D eigenvalue weighted by Crippen LogP contribution is 2.25. The molecule has 142 valence electrons. The number of primary amides is 1. The van der Waals surface area contributed by atoms with Gasteiger partial charge in [-0.15, -0.1) is 24.0 Å². The monoisotopic (exact) mass is 470 g/mol. The van der Waals surface area contributed by atoms with Gasteiger partial charge in [0.2, 0.25) is 5.91 Å². The Labute approximate surface area is 171 Å². The zero-order valence-electron chi connectivity index (χ0n) is 15.3. The minimum absolute atomic E-state index is 0. The molecule has 1 atom stereocenters. The Bertz CT molecular complexity index is 787. The van der Waals surface area contributed by atoms with Crippen molar-refractivity contribution in [3.63, 3.8) is 0 Å². The molecule has 1 fully saturated rings. The number of amides is 1. The molecule has 0 aliphatic carbocycles. The van der Waals surface area contributed by atoms with Crippen molar-refractivity contribution in [2.24, 2.45) is 16.6 Å². The minimum Gasteiger partial charge on any atom is -0.459 e. The van der Waals surface area contributed by atoms with Gasteiger partial charge in [0.05, 0.1) is 6.54 Å². The quantitative estimate of drug-likeness (QED) is 0.409. The molecule has 6 nitrogen and oxygen atoms in total. The number of halogens is 1. The second kappa shape index (κ2) is 9.25. The third-order valence-electron chi connectivity index (χ3n) is 4.87. The number of hydrogen-bond acceptors (Lipinski definition) is 3. The van der Waals surface area contributed by atoms with Crippen LogP contribution in [0.1, 0.15) is 30.6 Å². The molecule has 2 aromatic rings. The summed E-state index contributed by atoms with van der Waals surface area (Å²) in [6, 6.07) is 8.06. The lowest BCUT2D eigenvalue weighted by Crippen LogP contribution is -2.46. The van der Waals surface area contributed by atoms with Crippen molar-refractivity contribution in [2.45, 2.75) is 32.7 Å². The molecule has 1 aromatic carbocycles. The highest BCUT2D eigenvalue weighted by Gasteiger charge is 2.23. The number of rotatable bonds is 4. The summed E-state index contributed by atoms with van der Waals surface area (Å²) in [6.07, 6.45) is 2.53. The SMILES string of the molecule is CN=C(NCc1oc2ccccc2c1C)N1CCCC(CC(N)=O)C1.I. The molecule has 7 heteroatoms. The summed E-state index contributed by atoms with van der Waals surface area (Å²) in [7, 11) is 1.78. The zero-order chi connectivity index (χ0) is 17.8. The summed E-state index contributed by atoms with van der Waals surface area (Å²) in [6.45, 7) is 4.41. The molecule has 2 heterocycles. The van der Waals surface area contributed by atoms with Crippen molar-refractivity contribution in [1.82, 2.24) is 10.2 Å². The number of nitrogens with one attached hydrogen (secondary N) is 1. The number of aryl methyl sites for hydroxylation is 1. The molecule has 1 aliphatic heterocycles. The van der Waals surface area contributed by atoms with Gasteiger partial charge in [-0.25, -0.2) is 0 Å². The predicted molar refractivity (Wildman–Crippen MR) is 115 cm³/mol. The Morgan fingerprint density at radius 3 is 2.88 bits per heavy atom. The van der Waals surface area contributed by atoms with E-state index >= 15 is 0 Å². The number of guanidine groups is 1. The topological polar surface area (TPSA) is 83.9 Å². The van der Waals surface area contributed by atoms with Crippen LogP contribution >= 0.6 is 24.0 Å². The Balaban J connectivity index is 0.00000243. The lowest BCUT2D eigenvalue weighted by atomic mass is 9.95. The van der Waals surface area contributed by atoms with Gasteiger partial charge >= 0.3 is 0 Å². The first-order valence-corrected chi connectivity index (χ1v) is 8.79. The van der Waals surface area contributed by atoms with Crippen LogP contribution in [0.25, 0.3) is 11.0 Å². The molecule has 1 saturated heterocycles. The van der Waals surface area contributed by atoms with Crippen molar-refractivity contribution in [2.75, 3.05) is 20.1 Å². The van der Waals surface area contributed by atoms with Crippen LogP contribution in [-0.2, 0) is 11.3 Å². The van der Waals surface area contributed by atoms with Gasteiger partial charge in [0.15, 0.2) is 5.96 Å². The summed E-state index contributed by atoms with van der Waals surface area (Å²) in [4.78, 5) is 17.8. The van der Waals surface area contributed by atoms with Gasteiger partial charge in [0.1, 0.15) is 11.3 Å². The first kappa shape index (κ1) is 20.5. The van der Waals surface area contributed by atoms with Gasteiger partial charge < -0.3 is 20.4 Å². The molecule has 3 rings (SSSR count). The molecular weight excluding hydrogens is 443 g/mol. The van der Waals surface area contributed by atoms with Crippen molar-refractivity contribution in [3.05, 3.63) is 35.6 Å². The number of benzene rings is 1. The third kappa shape index (κ3) is 4.69. The Hall–Kier alpha value is -1.77. The molecule has 1 unspecified atom stereocenters. The second-order valence-corrected chi connectivity index (χ2v) is 6.67. The maximum Gasteiger partial charge on any atom is 0.217 e. The number of carbonyl (C=O) groups is 1. The van der Waals surface area contributed by atoms with Crippen molar-refractivity contribution in [1.29, 1.82) is 0 Å². The summed E-state index contributed by atoms with van der Waals surface area (Å²) in [5, 5.41) is 4.54. The average Bonchev–Trinajstić information content (AvgIpc) is 2.92. The fourth-order valence-electron chi connectivity index (χ4n) is 3.59. The van der Waals surface area contributed by atoms with Crippen LogP contribution in [0, 0.1) is 12.8 Å². The molecule has 0 spiro atoms. The van der Waals surface area contributed by atoms with Gasteiger partial charge in [-0.05, 0) is 31.7 Å². The van der Waals surface area contributed by atoms with E-state index in [4.69, 9.17) is 10.2 Å². The van der Waals surface area contributed by atoms with Crippen LogP contribution in [0.2, 0.25) is 0 Å². The smallest absolute Gasteiger partial charge is 0.217 e. The number of furan rings is 1. The number of fused-ring (bicyclic) bond motifs is 1. The molecule has 1 aromatic heterocycles. The fourth-order valence-corrected chi connectivity index (χ4v) is 3.59. The number of nitrogens with zero attached hydrogens (tertiary/aromatic N) is 2. The molecule has 0 bridgehead atoms. The highest BCUT2D eigenvalue weighted by atomic mass is 127. The van der Waals surface area contributed by atoms with E-state index in [0.717, 1.165) is 54.2 Å². The largest absolute Gasteiger partial charge is 0.459 e. The first-order chi connectivity index (χ1) is 12.1. The van der Waals surface area contributed by atoms with E-state index in [-0.39, 0.29) is 29.9 Å². The van der Waals surface area contributed by atoms with E-state index in [2.05, 4.69) is 28.2 Å². The fraction of sp³-hybridized carbons (Fsp3) is 0.474. The van der Waals surface area contributed by atoms with Crippen LogP contribution in [0.4, 0.5) is 0 Å². The van der Waals surface area contributed by atoms with Crippen molar-refractivity contribution >= 4 is 46.8 Å². The van der Waals surface area contributed by atoms with Crippen molar-refractivity contribution < 1.29 is 9.21 Å². The minimum atomic E-state index is -0.229. The van der Waals surface area contributed by atoms with E-state index in [1.54, 1.807) is 7.05 Å². The number of piperidine rings is 1. The summed E-state index contributed by atoms with van der Waals surface area (Å²) >= 11 is 0. The number of likely N-dealkylation sites (tertiary alicyclic amines) is 1. The van der Waals surface area contributed by atoms with Gasteiger partial charge in [0.25, 0.3) is 0 Å². The van der Waals surface area contributed by atoms with E-state index in [0.29, 0.717) is 18.9 Å². The molecular formula is C19H27IN4O2. The van der Waals surface area contributed by atoms with Gasteiger partial charge in [-0.2, -0.15) is 0 Å². The number of aliphatic imine (C=N–C) groups is 1. The van der Waals surface area contributed by atoms with Crippen LogP contribution < -0.4 is 11.1 Å². The van der Waals surface area contributed by atoms with Crippen LogP contribution in [0.5, 0.6) is 0 Å². The Morgan fingerprint density at radius 1 is 1.42 bits per heavy atom. The van der Waals surface area contributed by atoms with E-state index in [1.807, 2.05) is 18.2 Å². The standard InChI is InChI=1S/C19H26N4O2.HI/c1-13-15-7-3-4-8-16(15)25-17(13)11-22-19(21-2)23-9-5-6-14(12-23)10-18(20)24;/h3-4,7-8,14H,5-6,9-12H2,1-2H3,(H2,20,24)(H,21,22);1H. The number of carbonyl (C=O) groups excluding carboxylic acids is 1. The number of para-hydroxylation sites is 1. The molecule has 0 saturated carbocycles. The normalized spacial score (nSPS) is 17.8. The summed E-state index contributed by atoms with van der Waals surface area (Å²) in [5.74, 6) is 1.84. The van der Waals surface area contributed by atoms with E-state index in [1.165, 1.54) is 0 Å². The highest BCUT2D eigenvalue weighted by molar-refractivity contribution is 14.0. The maximum atomic E-state index is 11.2. The molecule has 1 amide bonds. The molecule has 3 N–H and O–H groups in total. The summed E-state index contributed by atoms with van der Waals surface area (Å²) in [5.41, 5.74) is 7.41. The Morgan fingerprint density at radius 2 is 2.19 bits per heavy atom. The van der Waals surface area contributed by atoms with Gasteiger partial charge in [-0.3, -0.25) is 9.79 Å². The van der Waals surface area contributed by atoms with Crippen LogP contribution in [-0.4, -0.2) is 36.9 Å². The lowest BCUT2D eigenvalue weighted by molar-refractivity contribution is -0.119.